The van der Waals surface area contributed by atoms with Gasteiger partial charge in [0.1, 0.15) is 11.5 Å². The average Bonchev–Trinajstić information content (AvgIpc) is 3.10. The lowest BCUT2D eigenvalue weighted by Crippen LogP contribution is -2.47. The predicted octanol–water partition coefficient (Wildman–Crippen LogP) is 5.08. The number of benzene rings is 1. The molecule has 0 N–H and O–H groups in total. The monoisotopic (exact) mass is 398 g/mol. The van der Waals surface area contributed by atoms with Gasteiger partial charge in [0.15, 0.2) is 0 Å². The SMILES string of the molecule is O=C1CCCCC1C1CCCCCN1C(=O)c1cccc(Oc2nccs2)c1. The highest BCUT2D eigenvalue weighted by atomic mass is 32.1. The first-order valence-corrected chi connectivity index (χ1v) is 11.1. The van der Waals surface area contributed by atoms with E-state index < -0.39 is 0 Å². The second kappa shape index (κ2) is 8.86. The Morgan fingerprint density at radius 1 is 1.14 bits per heavy atom. The van der Waals surface area contributed by atoms with Crippen LogP contribution in [0.1, 0.15) is 61.7 Å². The van der Waals surface area contributed by atoms with Gasteiger partial charge in [-0.15, -0.1) is 0 Å². The molecule has 2 fully saturated rings. The molecule has 0 radical (unpaired) electrons. The van der Waals surface area contributed by atoms with E-state index in [1.54, 1.807) is 12.3 Å². The van der Waals surface area contributed by atoms with E-state index in [1.165, 1.54) is 11.3 Å². The first-order valence-electron chi connectivity index (χ1n) is 10.2. The molecule has 2 aromatic rings. The van der Waals surface area contributed by atoms with Gasteiger partial charge in [0.2, 0.25) is 0 Å². The molecule has 1 aliphatic carbocycles. The van der Waals surface area contributed by atoms with E-state index in [9.17, 15) is 9.59 Å². The molecule has 1 amide bonds. The topological polar surface area (TPSA) is 59.5 Å². The number of ketones is 1. The van der Waals surface area contributed by atoms with Gasteiger partial charge in [0, 0.05) is 42.1 Å². The molecule has 1 aliphatic heterocycles. The van der Waals surface area contributed by atoms with Gasteiger partial charge in [-0.2, -0.15) is 0 Å². The Morgan fingerprint density at radius 3 is 2.86 bits per heavy atom. The van der Waals surface area contributed by atoms with Crippen molar-refractivity contribution in [2.75, 3.05) is 6.54 Å². The molecule has 4 rings (SSSR count). The van der Waals surface area contributed by atoms with Gasteiger partial charge >= 0.3 is 0 Å². The molecule has 2 atom stereocenters. The number of amides is 1. The third-order valence-electron chi connectivity index (χ3n) is 5.82. The molecule has 6 heteroatoms. The summed E-state index contributed by atoms with van der Waals surface area (Å²) in [6, 6.07) is 7.33. The molecule has 1 saturated heterocycles. The van der Waals surface area contributed by atoms with E-state index in [1.807, 2.05) is 28.5 Å². The smallest absolute Gasteiger partial charge is 0.278 e. The molecular weight excluding hydrogens is 372 g/mol. The molecule has 1 saturated carbocycles. The fourth-order valence-corrected chi connectivity index (χ4v) is 4.95. The molecule has 1 aromatic heterocycles. The van der Waals surface area contributed by atoms with Crippen molar-refractivity contribution in [2.45, 2.75) is 57.4 Å². The number of Topliss-reactive ketones (excluding diaryl/α,β-unsaturated/α-hetero) is 1. The summed E-state index contributed by atoms with van der Waals surface area (Å²) >= 11 is 1.42. The highest BCUT2D eigenvalue weighted by Gasteiger charge is 2.37. The number of ether oxygens (including phenoxy) is 1. The minimum absolute atomic E-state index is 0.00514. The summed E-state index contributed by atoms with van der Waals surface area (Å²) in [5, 5.41) is 2.41. The van der Waals surface area contributed by atoms with Crippen molar-refractivity contribution < 1.29 is 14.3 Å². The Balaban J connectivity index is 1.56. The van der Waals surface area contributed by atoms with E-state index in [0.29, 0.717) is 28.7 Å². The number of hydrogen-bond donors (Lipinski definition) is 0. The van der Waals surface area contributed by atoms with E-state index in [2.05, 4.69) is 4.98 Å². The molecule has 1 aromatic carbocycles. The normalized spacial score (nSPS) is 23.3. The van der Waals surface area contributed by atoms with Crippen LogP contribution in [0.3, 0.4) is 0 Å². The molecule has 0 spiro atoms. The van der Waals surface area contributed by atoms with Gasteiger partial charge in [-0.1, -0.05) is 36.7 Å². The number of nitrogens with zero attached hydrogens (tertiary/aromatic N) is 2. The lowest BCUT2D eigenvalue weighted by Gasteiger charge is -2.37. The van der Waals surface area contributed by atoms with Crippen molar-refractivity contribution >= 4 is 23.0 Å². The molecule has 28 heavy (non-hydrogen) atoms. The standard InChI is InChI=1S/C22H26N2O3S/c25-20-11-4-3-9-18(20)19-10-2-1-5-13-24(19)21(26)16-7-6-8-17(15-16)27-22-23-12-14-28-22/h6-8,12,14-15,18-19H,1-5,9-11,13H2. The van der Waals surface area contributed by atoms with Crippen LogP contribution in [-0.2, 0) is 4.79 Å². The predicted molar refractivity (Wildman–Crippen MR) is 109 cm³/mol. The van der Waals surface area contributed by atoms with Crippen LogP contribution in [0, 0.1) is 5.92 Å². The van der Waals surface area contributed by atoms with Crippen LogP contribution in [0.4, 0.5) is 0 Å². The van der Waals surface area contributed by atoms with Crippen LogP contribution >= 0.6 is 11.3 Å². The van der Waals surface area contributed by atoms with E-state index >= 15 is 0 Å². The summed E-state index contributed by atoms with van der Waals surface area (Å²) < 4.78 is 5.76. The van der Waals surface area contributed by atoms with E-state index in [-0.39, 0.29) is 17.9 Å². The number of hydrogen-bond acceptors (Lipinski definition) is 5. The van der Waals surface area contributed by atoms with Crippen molar-refractivity contribution in [3.05, 3.63) is 41.4 Å². The van der Waals surface area contributed by atoms with Crippen molar-refractivity contribution in [1.29, 1.82) is 0 Å². The van der Waals surface area contributed by atoms with Gasteiger partial charge in [0.05, 0.1) is 0 Å². The highest BCUT2D eigenvalue weighted by Crippen LogP contribution is 2.33. The number of rotatable bonds is 4. The van der Waals surface area contributed by atoms with E-state index in [4.69, 9.17) is 4.74 Å². The minimum Gasteiger partial charge on any atom is -0.431 e. The summed E-state index contributed by atoms with van der Waals surface area (Å²) in [4.78, 5) is 32.1. The zero-order valence-electron chi connectivity index (χ0n) is 16.0. The zero-order chi connectivity index (χ0) is 19.3. The summed E-state index contributed by atoms with van der Waals surface area (Å²) in [5.74, 6) is 0.970. The largest absolute Gasteiger partial charge is 0.431 e. The number of carbonyl (C=O) groups is 2. The third-order valence-corrected chi connectivity index (χ3v) is 6.47. The molecule has 2 aliphatic rings. The van der Waals surface area contributed by atoms with Crippen LogP contribution in [-0.4, -0.2) is 34.2 Å². The fraction of sp³-hybridized carbons (Fsp3) is 0.500. The summed E-state index contributed by atoms with van der Waals surface area (Å²) in [6.45, 7) is 0.727. The van der Waals surface area contributed by atoms with E-state index in [0.717, 1.165) is 51.5 Å². The molecule has 5 nitrogen and oxygen atoms in total. The van der Waals surface area contributed by atoms with Crippen LogP contribution in [0.2, 0.25) is 0 Å². The summed E-state index contributed by atoms with van der Waals surface area (Å²) in [7, 11) is 0. The number of carbonyl (C=O) groups excluding carboxylic acids is 2. The summed E-state index contributed by atoms with van der Waals surface area (Å²) in [6.07, 6.45) is 9.49. The second-order valence-corrected chi connectivity index (χ2v) is 8.52. The van der Waals surface area contributed by atoms with Crippen molar-refractivity contribution in [3.63, 3.8) is 0 Å². The zero-order valence-corrected chi connectivity index (χ0v) is 16.8. The molecule has 0 bridgehead atoms. The van der Waals surface area contributed by atoms with Gasteiger partial charge < -0.3 is 9.64 Å². The third kappa shape index (κ3) is 4.27. The Hall–Kier alpha value is -2.21. The maximum atomic E-state index is 13.4. The van der Waals surface area contributed by atoms with Crippen LogP contribution in [0.25, 0.3) is 0 Å². The molecule has 2 unspecified atom stereocenters. The Morgan fingerprint density at radius 2 is 2.04 bits per heavy atom. The first kappa shape index (κ1) is 19.1. The number of likely N-dealkylation sites (tertiary alicyclic amines) is 1. The Bertz CT molecular complexity index is 821. The van der Waals surface area contributed by atoms with Crippen molar-refractivity contribution in [3.8, 4) is 10.9 Å². The molecular formula is C22H26N2O3S. The quantitative estimate of drug-likeness (QED) is 0.721. The van der Waals surface area contributed by atoms with Crippen LogP contribution in [0.15, 0.2) is 35.8 Å². The highest BCUT2D eigenvalue weighted by molar-refractivity contribution is 7.11. The molecule has 2 heterocycles. The van der Waals surface area contributed by atoms with Crippen molar-refractivity contribution in [1.82, 2.24) is 9.88 Å². The maximum absolute atomic E-state index is 13.4. The lowest BCUT2D eigenvalue weighted by atomic mass is 9.80. The van der Waals surface area contributed by atoms with Gasteiger partial charge in [0.25, 0.3) is 11.1 Å². The number of thiazole rings is 1. The lowest BCUT2D eigenvalue weighted by molar-refractivity contribution is -0.126. The average molecular weight is 399 g/mol. The Kier molecular flexibility index (Phi) is 6.05. The fourth-order valence-electron chi connectivity index (χ4n) is 4.44. The van der Waals surface area contributed by atoms with Gasteiger partial charge in [-0.25, -0.2) is 4.98 Å². The second-order valence-electron chi connectivity index (χ2n) is 7.66. The Labute approximate surface area is 169 Å². The van der Waals surface area contributed by atoms with Crippen molar-refractivity contribution in [2.24, 2.45) is 5.92 Å². The van der Waals surface area contributed by atoms with Crippen LogP contribution in [0.5, 0.6) is 10.9 Å². The molecule has 148 valence electrons. The number of aromatic nitrogens is 1. The maximum Gasteiger partial charge on any atom is 0.278 e. The first-order chi connectivity index (χ1) is 13.7. The van der Waals surface area contributed by atoms with Gasteiger partial charge in [-0.05, 0) is 43.9 Å². The summed E-state index contributed by atoms with van der Waals surface area (Å²) in [5.41, 5.74) is 0.615. The van der Waals surface area contributed by atoms with Gasteiger partial charge in [-0.3, -0.25) is 9.59 Å². The minimum atomic E-state index is 0.00514. The van der Waals surface area contributed by atoms with Crippen LogP contribution < -0.4 is 4.74 Å².